The monoisotopic (exact) mass is 382 g/mol. The SMILES string of the molecule is CC(=O)N1N=C(c2ccc([N+](=O)[O-])s2)O[C@H]1c1cc(C)nc2ccccc12. The van der Waals surface area contributed by atoms with Crippen molar-refractivity contribution in [2.24, 2.45) is 5.10 Å². The Bertz CT molecular complexity index is 1110. The van der Waals surface area contributed by atoms with Crippen molar-refractivity contribution in [3.63, 3.8) is 0 Å². The lowest BCUT2D eigenvalue weighted by atomic mass is 10.1. The van der Waals surface area contributed by atoms with Gasteiger partial charge in [0, 0.05) is 29.6 Å². The summed E-state index contributed by atoms with van der Waals surface area (Å²) in [6.45, 7) is 3.27. The molecule has 3 heterocycles. The summed E-state index contributed by atoms with van der Waals surface area (Å²) in [6, 6.07) is 12.4. The summed E-state index contributed by atoms with van der Waals surface area (Å²) in [7, 11) is 0. The Morgan fingerprint density at radius 1 is 1.30 bits per heavy atom. The summed E-state index contributed by atoms with van der Waals surface area (Å²) in [5.41, 5.74) is 2.34. The number of nitrogens with zero attached hydrogens (tertiary/aromatic N) is 4. The number of thiophene rings is 1. The second-order valence-corrected chi connectivity index (χ2v) is 7.07. The molecule has 1 aliphatic rings. The van der Waals surface area contributed by atoms with E-state index in [4.69, 9.17) is 4.74 Å². The molecule has 1 aromatic carbocycles. The molecule has 2 aromatic heterocycles. The fourth-order valence-corrected chi connectivity index (χ4v) is 3.70. The van der Waals surface area contributed by atoms with Crippen molar-refractivity contribution in [3.05, 3.63) is 68.7 Å². The molecule has 1 amide bonds. The van der Waals surface area contributed by atoms with Gasteiger partial charge in [0.05, 0.1) is 15.3 Å². The molecule has 3 aromatic rings. The lowest BCUT2D eigenvalue weighted by Crippen LogP contribution is -2.25. The maximum absolute atomic E-state index is 12.2. The van der Waals surface area contributed by atoms with E-state index in [9.17, 15) is 14.9 Å². The van der Waals surface area contributed by atoms with Crippen molar-refractivity contribution in [2.45, 2.75) is 20.1 Å². The van der Waals surface area contributed by atoms with Crippen LogP contribution < -0.4 is 0 Å². The summed E-state index contributed by atoms with van der Waals surface area (Å²) < 4.78 is 5.98. The number of nitro groups is 1. The molecular weight excluding hydrogens is 368 g/mol. The van der Waals surface area contributed by atoms with Crippen LogP contribution in [0.4, 0.5) is 5.00 Å². The van der Waals surface area contributed by atoms with Crippen LogP contribution in [-0.4, -0.2) is 26.7 Å². The molecule has 9 heteroatoms. The molecule has 8 nitrogen and oxygen atoms in total. The lowest BCUT2D eigenvalue weighted by Gasteiger charge is -2.21. The maximum atomic E-state index is 12.2. The Morgan fingerprint density at radius 3 is 2.78 bits per heavy atom. The summed E-state index contributed by atoms with van der Waals surface area (Å²) >= 11 is 0.951. The molecule has 4 rings (SSSR count). The number of hydrazone groups is 1. The van der Waals surface area contributed by atoms with E-state index in [1.165, 1.54) is 18.0 Å². The highest BCUT2D eigenvalue weighted by Crippen LogP contribution is 2.36. The zero-order valence-corrected chi connectivity index (χ0v) is 15.3. The van der Waals surface area contributed by atoms with Crippen LogP contribution >= 0.6 is 11.3 Å². The van der Waals surface area contributed by atoms with E-state index in [0.29, 0.717) is 4.88 Å². The standard InChI is InChI=1S/C18H14N4O4S/c1-10-9-13(12-5-3-4-6-14(12)19-10)18-21(11(2)23)20-17(26-18)15-7-8-16(27-15)22(24)25/h3-9,18H,1-2H3/t18-/m0/s1. The van der Waals surface area contributed by atoms with Gasteiger partial charge < -0.3 is 4.74 Å². The fraction of sp³-hybridized carbons (Fsp3) is 0.167. The Kier molecular flexibility index (Phi) is 4.08. The smallest absolute Gasteiger partial charge is 0.324 e. The number of fused-ring (bicyclic) bond motifs is 1. The minimum Gasteiger partial charge on any atom is -0.445 e. The van der Waals surface area contributed by atoms with E-state index in [1.807, 2.05) is 37.3 Å². The molecule has 0 aliphatic carbocycles. The Labute approximate surface area is 157 Å². The molecular formula is C18H14N4O4S. The van der Waals surface area contributed by atoms with E-state index in [1.54, 1.807) is 6.07 Å². The normalized spacial score (nSPS) is 16.3. The average molecular weight is 382 g/mol. The van der Waals surface area contributed by atoms with E-state index in [-0.39, 0.29) is 16.8 Å². The number of benzene rings is 1. The van der Waals surface area contributed by atoms with Crippen molar-refractivity contribution in [1.82, 2.24) is 9.99 Å². The summed E-state index contributed by atoms with van der Waals surface area (Å²) in [6.07, 6.45) is -0.759. The number of para-hydroxylation sites is 1. The average Bonchev–Trinajstić information content (AvgIpc) is 3.28. The van der Waals surface area contributed by atoms with Gasteiger partial charge in [-0.15, -0.1) is 5.10 Å². The largest absolute Gasteiger partial charge is 0.445 e. The van der Waals surface area contributed by atoms with E-state index >= 15 is 0 Å². The number of aryl methyl sites for hydroxylation is 1. The summed E-state index contributed by atoms with van der Waals surface area (Å²) in [5, 5.41) is 17.3. The first-order valence-electron chi connectivity index (χ1n) is 8.10. The van der Waals surface area contributed by atoms with E-state index < -0.39 is 11.2 Å². The lowest BCUT2D eigenvalue weighted by molar-refractivity contribution is -0.380. The number of hydrogen-bond donors (Lipinski definition) is 0. The first-order valence-corrected chi connectivity index (χ1v) is 8.91. The van der Waals surface area contributed by atoms with Gasteiger partial charge in [-0.25, -0.2) is 0 Å². The predicted octanol–water partition coefficient (Wildman–Crippen LogP) is 3.75. The van der Waals surface area contributed by atoms with Crippen LogP contribution in [0.25, 0.3) is 10.9 Å². The molecule has 0 unspecified atom stereocenters. The molecule has 1 aliphatic heterocycles. The van der Waals surface area contributed by atoms with Gasteiger partial charge in [-0.1, -0.05) is 29.5 Å². The number of aromatic nitrogens is 1. The van der Waals surface area contributed by atoms with Crippen LogP contribution in [-0.2, 0) is 9.53 Å². The predicted molar refractivity (Wildman–Crippen MR) is 100 cm³/mol. The third-order valence-electron chi connectivity index (χ3n) is 4.09. The fourth-order valence-electron chi connectivity index (χ4n) is 2.95. The van der Waals surface area contributed by atoms with Gasteiger partial charge in [-0.2, -0.15) is 5.01 Å². The molecule has 0 spiro atoms. The zero-order valence-electron chi connectivity index (χ0n) is 14.4. The number of hydrogen-bond acceptors (Lipinski definition) is 7. The van der Waals surface area contributed by atoms with Crippen LogP contribution in [0.1, 0.15) is 29.3 Å². The van der Waals surface area contributed by atoms with Crippen LogP contribution in [0.15, 0.2) is 47.6 Å². The van der Waals surface area contributed by atoms with Crippen molar-refractivity contribution < 1.29 is 14.5 Å². The van der Waals surface area contributed by atoms with Crippen molar-refractivity contribution in [1.29, 1.82) is 0 Å². The van der Waals surface area contributed by atoms with Crippen molar-refractivity contribution in [2.75, 3.05) is 0 Å². The summed E-state index contributed by atoms with van der Waals surface area (Å²) in [4.78, 5) is 27.6. The molecule has 1 atom stereocenters. The first kappa shape index (κ1) is 17.1. The second-order valence-electron chi connectivity index (χ2n) is 6.00. The quantitative estimate of drug-likeness (QED) is 0.507. The molecule has 0 bridgehead atoms. The molecule has 0 fully saturated rings. The number of carbonyl (C=O) groups is 1. The van der Waals surface area contributed by atoms with Gasteiger partial charge in [0.25, 0.3) is 5.90 Å². The van der Waals surface area contributed by atoms with Gasteiger partial charge in [0.15, 0.2) is 0 Å². The van der Waals surface area contributed by atoms with Crippen LogP contribution in [0, 0.1) is 17.0 Å². The van der Waals surface area contributed by atoms with Gasteiger partial charge in [-0.3, -0.25) is 19.9 Å². The van der Waals surface area contributed by atoms with Crippen LogP contribution in [0.2, 0.25) is 0 Å². The van der Waals surface area contributed by atoms with Crippen molar-refractivity contribution in [3.8, 4) is 0 Å². The first-order chi connectivity index (χ1) is 12.9. The minimum atomic E-state index is -0.759. The minimum absolute atomic E-state index is 0.0145. The highest BCUT2D eigenvalue weighted by Gasteiger charge is 2.35. The Balaban J connectivity index is 1.78. The molecule has 0 saturated heterocycles. The zero-order chi connectivity index (χ0) is 19.1. The highest BCUT2D eigenvalue weighted by atomic mass is 32.1. The van der Waals surface area contributed by atoms with Crippen LogP contribution in [0.3, 0.4) is 0 Å². The van der Waals surface area contributed by atoms with Gasteiger partial charge in [0.2, 0.25) is 12.1 Å². The second kappa shape index (κ2) is 6.44. The molecule has 0 radical (unpaired) electrons. The van der Waals surface area contributed by atoms with Gasteiger partial charge in [-0.05, 0) is 25.1 Å². The van der Waals surface area contributed by atoms with Crippen molar-refractivity contribution >= 4 is 39.0 Å². The number of carbonyl (C=O) groups excluding carboxylic acids is 1. The topological polar surface area (TPSA) is 97.9 Å². The number of rotatable bonds is 3. The number of amides is 1. The van der Waals surface area contributed by atoms with Gasteiger partial charge >= 0.3 is 5.00 Å². The number of pyridine rings is 1. The third kappa shape index (κ3) is 3.02. The molecule has 0 saturated carbocycles. The Morgan fingerprint density at radius 2 is 2.07 bits per heavy atom. The summed E-state index contributed by atoms with van der Waals surface area (Å²) in [5.74, 6) is -0.105. The highest BCUT2D eigenvalue weighted by molar-refractivity contribution is 7.17. The number of ether oxygens (including phenoxy) is 1. The molecule has 27 heavy (non-hydrogen) atoms. The Hall–Kier alpha value is -3.33. The van der Waals surface area contributed by atoms with E-state index in [2.05, 4.69) is 10.1 Å². The van der Waals surface area contributed by atoms with Crippen LogP contribution in [0.5, 0.6) is 0 Å². The molecule has 0 N–H and O–H groups in total. The van der Waals surface area contributed by atoms with E-state index in [0.717, 1.165) is 33.5 Å². The molecule has 136 valence electrons. The maximum Gasteiger partial charge on any atom is 0.324 e. The van der Waals surface area contributed by atoms with Gasteiger partial charge in [0.1, 0.15) is 0 Å². The third-order valence-corrected chi connectivity index (χ3v) is 5.12.